The summed E-state index contributed by atoms with van der Waals surface area (Å²) in [5, 5.41) is 40.9. The summed E-state index contributed by atoms with van der Waals surface area (Å²) in [5.41, 5.74) is 2.45. The van der Waals surface area contributed by atoms with E-state index in [1.165, 1.54) is 42.9 Å². The van der Waals surface area contributed by atoms with Crippen LogP contribution in [-0.4, -0.2) is 100 Å². The number of pyridine rings is 1. The number of hydrogen-bond acceptors (Lipinski definition) is 14. The van der Waals surface area contributed by atoms with E-state index in [1.54, 1.807) is 37.4 Å². The molecule has 1 amide bonds. The Labute approximate surface area is 420 Å². The third-order valence-electron chi connectivity index (χ3n) is 16.8. The minimum atomic E-state index is -4.72. The number of carbonyl (C=O) groups excluding carboxylic acids is 1. The van der Waals surface area contributed by atoms with Crippen LogP contribution in [-0.2, 0) is 10.0 Å². The molecule has 72 heavy (non-hydrogen) atoms. The van der Waals surface area contributed by atoms with Crippen molar-refractivity contribution >= 4 is 49.8 Å². The molecule has 17 nitrogen and oxygen atoms in total. The number of aromatic amines is 1. The van der Waals surface area contributed by atoms with Crippen LogP contribution >= 0.6 is 0 Å². The number of amides is 1. The van der Waals surface area contributed by atoms with Crippen molar-refractivity contribution in [1.82, 2.24) is 19.6 Å². The molecule has 6 aliphatic rings. The number of nitrogens with zero attached hydrogens (tertiary/aromatic N) is 4. The molecule has 3 aliphatic heterocycles. The van der Waals surface area contributed by atoms with Gasteiger partial charge < -0.3 is 40.2 Å². The Kier molecular flexibility index (Phi) is 12.4. The average molecular weight is 1000 g/mol. The number of likely N-dealkylation sites (tertiary alicyclic amines) is 1. The molecule has 5 heterocycles. The lowest BCUT2D eigenvalue weighted by Gasteiger charge is -2.56. The minimum absolute atomic E-state index is 0.0126. The Hall–Kier alpha value is -5.95. The van der Waals surface area contributed by atoms with Crippen LogP contribution in [0.4, 0.5) is 22.9 Å². The number of piperidine rings is 1. The van der Waals surface area contributed by atoms with Crippen LogP contribution in [0, 0.1) is 21.4 Å². The van der Waals surface area contributed by atoms with E-state index in [0.717, 1.165) is 49.6 Å². The standard InChI is InChI=1S/C54H66N8O9S/c1-33(2)39-7-4-5-8-40(39)43-9-6-22-61(43)37-29-53(30-37)19-23-60(24-20-53)36-10-11-41(45(26-36)71-47-25-35-14-21-55-49(35)58-50(47)56-32-54(65)17-18-54)51(63)59-72(68,69)38-27-44(62(66)67)48-46(28-38)70-31-42(57-48)34-12-15-52(3,64)16-13-34/h4-5,7-8,10-11,14,21,25-28,33-34,37,42-43,57,64-65H,6,9,12-13,15-20,22-24,29-32H2,1-3H3,(H,59,63)(H2,55,56,58)/t34-,42-,43+,52-/m1/s1. The van der Waals surface area contributed by atoms with E-state index in [4.69, 9.17) is 14.5 Å². The van der Waals surface area contributed by atoms with Gasteiger partial charge in [0.15, 0.2) is 23.0 Å². The van der Waals surface area contributed by atoms with Gasteiger partial charge in [0.25, 0.3) is 21.6 Å². The molecule has 2 aromatic heterocycles. The third kappa shape index (κ3) is 9.58. The van der Waals surface area contributed by atoms with E-state index >= 15 is 0 Å². The lowest BCUT2D eigenvalue weighted by Crippen LogP contribution is -2.54. The maximum atomic E-state index is 14.4. The Morgan fingerprint density at radius 2 is 1.74 bits per heavy atom. The fourth-order valence-corrected chi connectivity index (χ4v) is 13.3. The predicted molar refractivity (Wildman–Crippen MR) is 275 cm³/mol. The molecule has 0 radical (unpaired) electrons. The van der Waals surface area contributed by atoms with Crippen LogP contribution in [0.15, 0.2) is 77.8 Å². The molecular formula is C54H66N8O9S. The van der Waals surface area contributed by atoms with E-state index in [9.17, 15) is 33.5 Å². The molecule has 6 N–H and O–H groups in total. The summed E-state index contributed by atoms with van der Waals surface area (Å²) in [5.74, 6) is 0.225. The molecule has 18 heteroatoms. The first-order valence-electron chi connectivity index (χ1n) is 25.8. The number of aliphatic hydroxyl groups is 2. The summed E-state index contributed by atoms with van der Waals surface area (Å²) >= 11 is 0. The molecule has 3 saturated carbocycles. The van der Waals surface area contributed by atoms with E-state index in [2.05, 4.69) is 68.3 Å². The average Bonchev–Trinajstić information content (AvgIpc) is 3.65. The number of fused-ring (bicyclic) bond motifs is 2. The molecule has 1 spiro atoms. The predicted octanol–water partition coefficient (Wildman–Crippen LogP) is 9.14. The number of nitrogens with one attached hydrogen (secondary N) is 4. The highest BCUT2D eigenvalue weighted by Crippen LogP contribution is 2.55. The number of ether oxygens (including phenoxy) is 2. The van der Waals surface area contributed by atoms with Crippen molar-refractivity contribution in [2.45, 2.75) is 138 Å². The van der Waals surface area contributed by atoms with Gasteiger partial charge in [-0.05, 0) is 143 Å². The molecular weight excluding hydrogens is 937 g/mol. The normalized spacial score (nSPS) is 24.8. The first-order valence-corrected chi connectivity index (χ1v) is 27.3. The van der Waals surface area contributed by atoms with Crippen LogP contribution in [0.1, 0.15) is 131 Å². The molecule has 3 aromatic carbocycles. The molecule has 3 aliphatic carbocycles. The van der Waals surface area contributed by atoms with Gasteiger partial charge in [0, 0.05) is 67.2 Å². The van der Waals surface area contributed by atoms with Crippen molar-refractivity contribution < 1.29 is 37.8 Å². The zero-order valence-corrected chi connectivity index (χ0v) is 42.1. The highest BCUT2D eigenvalue weighted by atomic mass is 32.2. The number of H-pyrrole nitrogens is 1. The number of benzene rings is 3. The number of nitro benzene ring substituents is 1. The maximum Gasteiger partial charge on any atom is 0.297 e. The van der Waals surface area contributed by atoms with Crippen molar-refractivity contribution in [3.63, 3.8) is 0 Å². The van der Waals surface area contributed by atoms with E-state index in [1.807, 2.05) is 6.07 Å². The van der Waals surface area contributed by atoms with Gasteiger partial charge in [0.05, 0.1) is 32.6 Å². The van der Waals surface area contributed by atoms with Crippen LogP contribution in [0.25, 0.3) is 11.0 Å². The summed E-state index contributed by atoms with van der Waals surface area (Å²) < 4.78 is 43.2. The second kappa shape index (κ2) is 18.5. The molecule has 5 aromatic rings. The van der Waals surface area contributed by atoms with Crippen molar-refractivity contribution in [3.05, 3.63) is 99.7 Å². The Morgan fingerprint density at radius 3 is 2.47 bits per heavy atom. The molecule has 5 fully saturated rings. The molecule has 11 rings (SSSR count). The van der Waals surface area contributed by atoms with Gasteiger partial charge in [-0.25, -0.2) is 18.1 Å². The fraction of sp³-hybridized carbons (Fsp3) is 0.519. The fourth-order valence-electron chi connectivity index (χ4n) is 12.3. The van der Waals surface area contributed by atoms with Crippen LogP contribution in [0.5, 0.6) is 17.2 Å². The van der Waals surface area contributed by atoms with Gasteiger partial charge in [0.1, 0.15) is 18.0 Å². The van der Waals surface area contributed by atoms with Crippen molar-refractivity contribution in [3.8, 4) is 17.2 Å². The van der Waals surface area contributed by atoms with Gasteiger partial charge in [-0.15, -0.1) is 0 Å². The Bertz CT molecular complexity index is 3000. The number of rotatable bonds is 14. The first-order chi connectivity index (χ1) is 34.4. The number of anilines is 3. The highest BCUT2D eigenvalue weighted by molar-refractivity contribution is 7.90. The Morgan fingerprint density at radius 1 is 0.972 bits per heavy atom. The zero-order valence-electron chi connectivity index (χ0n) is 41.3. The number of hydrogen-bond donors (Lipinski definition) is 6. The van der Waals surface area contributed by atoms with Gasteiger partial charge in [0.2, 0.25) is 0 Å². The van der Waals surface area contributed by atoms with E-state index in [0.29, 0.717) is 68.0 Å². The molecule has 2 atom stereocenters. The monoisotopic (exact) mass is 1000 g/mol. The van der Waals surface area contributed by atoms with Crippen molar-refractivity contribution in [1.29, 1.82) is 0 Å². The summed E-state index contributed by atoms with van der Waals surface area (Å²) in [4.78, 5) is 38.7. The number of nitro groups is 1. The van der Waals surface area contributed by atoms with Crippen LogP contribution < -0.4 is 29.7 Å². The summed E-state index contributed by atoms with van der Waals surface area (Å²) in [6.45, 7) is 9.47. The lowest BCUT2D eigenvalue weighted by atomic mass is 9.59. The molecule has 382 valence electrons. The quantitative estimate of drug-likeness (QED) is 0.0451. The SMILES string of the molecule is CC(C)c1ccccc1[C@@H]1CCCN1C1CC2(CCN(c3ccc(C(=O)NS(=O)(=O)c4cc5c(c([N+](=O)[O-])c4)N[C@@H]([C@H]4CC[C@](C)(O)CC4)CO5)c(Oc4cc5cc[nH]c5nc4NCC4(O)CC4)c3)CC2)C1. The lowest BCUT2D eigenvalue weighted by molar-refractivity contribution is -0.384. The van der Waals surface area contributed by atoms with Crippen molar-refractivity contribution in [2.75, 3.05) is 48.3 Å². The third-order valence-corrected chi connectivity index (χ3v) is 18.1. The second-order valence-corrected chi connectivity index (χ2v) is 23.9. The van der Waals surface area contributed by atoms with Gasteiger partial charge in [-0.3, -0.25) is 19.8 Å². The Balaban J connectivity index is 0.840. The second-order valence-electron chi connectivity index (χ2n) is 22.2. The molecule has 0 unspecified atom stereocenters. The molecule has 0 bridgehead atoms. The van der Waals surface area contributed by atoms with E-state index in [-0.39, 0.29) is 59.0 Å². The largest absolute Gasteiger partial charge is 0.489 e. The van der Waals surface area contributed by atoms with Crippen LogP contribution in [0.3, 0.4) is 0 Å². The van der Waals surface area contributed by atoms with Gasteiger partial charge in [-0.1, -0.05) is 38.1 Å². The van der Waals surface area contributed by atoms with Crippen LogP contribution in [0.2, 0.25) is 0 Å². The summed E-state index contributed by atoms with van der Waals surface area (Å²) in [6.07, 6.45) is 12.4. The minimum Gasteiger partial charge on any atom is -0.489 e. The topological polar surface area (TPSA) is 225 Å². The molecule has 2 saturated heterocycles. The maximum absolute atomic E-state index is 14.4. The highest BCUT2D eigenvalue weighted by Gasteiger charge is 2.50. The smallest absolute Gasteiger partial charge is 0.297 e. The first kappa shape index (κ1) is 48.3. The summed E-state index contributed by atoms with van der Waals surface area (Å²) in [7, 11) is -4.72. The van der Waals surface area contributed by atoms with Gasteiger partial charge in [-0.2, -0.15) is 0 Å². The van der Waals surface area contributed by atoms with Gasteiger partial charge >= 0.3 is 0 Å². The van der Waals surface area contributed by atoms with Crippen molar-refractivity contribution in [2.24, 2.45) is 11.3 Å². The number of aromatic nitrogens is 2. The summed E-state index contributed by atoms with van der Waals surface area (Å²) in [6, 6.07) is 20.6. The van der Waals surface area contributed by atoms with E-state index < -0.39 is 42.6 Å². The number of sulfonamides is 1. The zero-order chi connectivity index (χ0) is 50.2. The number of carbonyl (C=O) groups is 1.